The first-order valence-electron chi connectivity index (χ1n) is 5.38. The van der Waals surface area contributed by atoms with Gasteiger partial charge in [-0.15, -0.1) is 0 Å². The smallest absolute Gasteiger partial charge is 0.0814 e. The van der Waals surface area contributed by atoms with Crippen LogP contribution in [0.2, 0.25) is 0 Å². The molecule has 1 aliphatic rings. The summed E-state index contributed by atoms with van der Waals surface area (Å²) in [6.45, 7) is 0.135. The molecule has 0 bridgehead atoms. The number of aliphatic hydroxyl groups is 1. The van der Waals surface area contributed by atoms with E-state index in [2.05, 4.69) is 24.3 Å². The highest BCUT2D eigenvalue weighted by molar-refractivity contribution is 5.49. The molecule has 1 N–H and O–H groups in total. The first-order chi connectivity index (χ1) is 7.38. The number of benzene rings is 1. The van der Waals surface area contributed by atoms with E-state index >= 15 is 0 Å². The van der Waals surface area contributed by atoms with Gasteiger partial charge in [-0.1, -0.05) is 42.5 Å². The molecule has 1 aliphatic heterocycles. The summed E-state index contributed by atoms with van der Waals surface area (Å²) in [7, 11) is 0. The van der Waals surface area contributed by atoms with Gasteiger partial charge in [0.15, 0.2) is 0 Å². The maximum absolute atomic E-state index is 8.92. The molecule has 1 saturated heterocycles. The standard InChI is InChI=1S/C13H16O2/c14-10-13-9-8-12(15-13)7-6-11-4-2-1-3-5-11/h1-7,12-14H,8-10H2/b7-6+/t12-,13+/m0/s1. The maximum Gasteiger partial charge on any atom is 0.0814 e. The van der Waals surface area contributed by atoms with Gasteiger partial charge in [-0.05, 0) is 18.4 Å². The van der Waals surface area contributed by atoms with E-state index in [1.54, 1.807) is 0 Å². The molecule has 2 rings (SSSR count). The Labute approximate surface area is 90.2 Å². The monoisotopic (exact) mass is 204 g/mol. The molecule has 0 saturated carbocycles. The second-order valence-electron chi connectivity index (χ2n) is 3.83. The van der Waals surface area contributed by atoms with Gasteiger partial charge in [0.25, 0.3) is 0 Å². The van der Waals surface area contributed by atoms with E-state index in [-0.39, 0.29) is 18.8 Å². The third-order valence-electron chi connectivity index (χ3n) is 2.65. The Kier molecular flexibility index (Phi) is 3.54. The minimum Gasteiger partial charge on any atom is -0.394 e. The van der Waals surface area contributed by atoms with Crippen molar-refractivity contribution in [2.24, 2.45) is 0 Å². The van der Waals surface area contributed by atoms with E-state index < -0.39 is 0 Å². The second kappa shape index (κ2) is 5.10. The quantitative estimate of drug-likeness (QED) is 0.818. The summed E-state index contributed by atoms with van der Waals surface area (Å²) in [6, 6.07) is 10.2. The maximum atomic E-state index is 8.92. The average Bonchev–Trinajstić information content (AvgIpc) is 2.76. The van der Waals surface area contributed by atoms with Gasteiger partial charge < -0.3 is 9.84 Å². The molecule has 1 heterocycles. The molecule has 0 unspecified atom stereocenters. The van der Waals surface area contributed by atoms with E-state index in [1.165, 1.54) is 5.56 Å². The Bertz CT molecular complexity index is 319. The van der Waals surface area contributed by atoms with Crippen LogP contribution in [0.5, 0.6) is 0 Å². The van der Waals surface area contributed by atoms with Gasteiger partial charge in [0.1, 0.15) is 0 Å². The van der Waals surface area contributed by atoms with Crippen LogP contribution < -0.4 is 0 Å². The number of ether oxygens (including phenoxy) is 1. The van der Waals surface area contributed by atoms with Crippen molar-refractivity contribution in [2.75, 3.05) is 6.61 Å². The van der Waals surface area contributed by atoms with Gasteiger partial charge in [-0.3, -0.25) is 0 Å². The van der Waals surface area contributed by atoms with Crippen LogP contribution in [0.25, 0.3) is 6.08 Å². The lowest BCUT2D eigenvalue weighted by molar-refractivity contribution is 0.0313. The first-order valence-corrected chi connectivity index (χ1v) is 5.38. The van der Waals surface area contributed by atoms with E-state index in [9.17, 15) is 0 Å². The highest BCUT2D eigenvalue weighted by Gasteiger charge is 2.21. The van der Waals surface area contributed by atoms with E-state index in [0.29, 0.717) is 0 Å². The number of hydrogen-bond acceptors (Lipinski definition) is 2. The van der Waals surface area contributed by atoms with Crippen LogP contribution in [0.1, 0.15) is 18.4 Å². The number of rotatable bonds is 3. The summed E-state index contributed by atoms with van der Waals surface area (Å²) in [4.78, 5) is 0. The molecule has 0 aromatic heterocycles. The van der Waals surface area contributed by atoms with Crippen LogP contribution in [-0.4, -0.2) is 23.9 Å². The van der Waals surface area contributed by atoms with Crippen LogP contribution in [0, 0.1) is 0 Å². The Morgan fingerprint density at radius 2 is 2.07 bits per heavy atom. The largest absolute Gasteiger partial charge is 0.394 e. The van der Waals surface area contributed by atoms with Gasteiger partial charge in [0, 0.05) is 0 Å². The second-order valence-corrected chi connectivity index (χ2v) is 3.83. The van der Waals surface area contributed by atoms with Crippen molar-refractivity contribution in [1.29, 1.82) is 0 Å². The fraction of sp³-hybridized carbons (Fsp3) is 0.385. The summed E-state index contributed by atoms with van der Waals surface area (Å²) >= 11 is 0. The van der Waals surface area contributed by atoms with Gasteiger partial charge in [-0.2, -0.15) is 0 Å². The van der Waals surface area contributed by atoms with Crippen molar-refractivity contribution < 1.29 is 9.84 Å². The van der Waals surface area contributed by atoms with Gasteiger partial charge >= 0.3 is 0 Å². The summed E-state index contributed by atoms with van der Waals surface area (Å²) in [6.07, 6.45) is 6.32. The highest BCUT2D eigenvalue weighted by Crippen LogP contribution is 2.20. The Hall–Kier alpha value is -1.12. The van der Waals surface area contributed by atoms with Gasteiger partial charge in [0.05, 0.1) is 18.8 Å². The van der Waals surface area contributed by atoms with E-state index in [4.69, 9.17) is 9.84 Å². The molecule has 1 fully saturated rings. The lowest BCUT2D eigenvalue weighted by atomic mass is 10.1. The minimum absolute atomic E-state index is 0.0374. The zero-order valence-corrected chi connectivity index (χ0v) is 8.67. The molecule has 1 aromatic rings. The van der Waals surface area contributed by atoms with E-state index in [0.717, 1.165) is 12.8 Å². The molecular formula is C13H16O2. The molecule has 80 valence electrons. The number of hydrogen-bond donors (Lipinski definition) is 1. The SMILES string of the molecule is OC[C@H]1CC[C@H](/C=C/c2ccccc2)O1. The van der Waals surface area contributed by atoms with Gasteiger partial charge in [-0.25, -0.2) is 0 Å². The average molecular weight is 204 g/mol. The molecule has 0 amide bonds. The molecule has 15 heavy (non-hydrogen) atoms. The molecular weight excluding hydrogens is 188 g/mol. The molecule has 2 atom stereocenters. The van der Waals surface area contributed by atoms with Crippen LogP contribution in [0.15, 0.2) is 36.4 Å². The zero-order valence-electron chi connectivity index (χ0n) is 8.67. The molecule has 0 aliphatic carbocycles. The third kappa shape index (κ3) is 2.91. The number of aliphatic hydroxyl groups excluding tert-OH is 1. The van der Waals surface area contributed by atoms with Crippen molar-refractivity contribution in [3.63, 3.8) is 0 Å². The van der Waals surface area contributed by atoms with Crippen LogP contribution >= 0.6 is 0 Å². The first kappa shape index (κ1) is 10.4. The Morgan fingerprint density at radius 1 is 1.27 bits per heavy atom. The van der Waals surface area contributed by atoms with Crippen molar-refractivity contribution >= 4 is 6.08 Å². The molecule has 2 nitrogen and oxygen atoms in total. The normalized spacial score (nSPS) is 26.2. The lowest BCUT2D eigenvalue weighted by Crippen LogP contribution is -2.12. The van der Waals surface area contributed by atoms with Crippen LogP contribution in [-0.2, 0) is 4.74 Å². The molecule has 2 heteroatoms. The highest BCUT2D eigenvalue weighted by atomic mass is 16.5. The van der Waals surface area contributed by atoms with Crippen molar-refractivity contribution in [3.05, 3.63) is 42.0 Å². The molecule has 0 spiro atoms. The van der Waals surface area contributed by atoms with Crippen molar-refractivity contribution in [1.82, 2.24) is 0 Å². The Morgan fingerprint density at radius 3 is 2.73 bits per heavy atom. The summed E-state index contributed by atoms with van der Waals surface area (Å²) in [5.74, 6) is 0. The summed E-state index contributed by atoms with van der Waals surface area (Å²) < 4.78 is 5.60. The zero-order chi connectivity index (χ0) is 10.5. The third-order valence-corrected chi connectivity index (χ3v) is 2.65. The van der Waals surface area contributed by atoms with E-state index in [1.807, 2.05) is 18.2 Å². The van der Waals surface area contributed by atoms with Crippen LogP contribution in [0.4, 0.5) is 0 Å². The van der Waals surface area contributed by atoms with Crippen molar-refractivity contribution in [3.8, 4) is 0 Å². The fourth-order valence-electron chi connectivity index (χ4n) is 1.79. The van der Waals surface area contributed by atoms with Crippen molar-refractivity contribution in [2.45, 2.75) is 25.0 Å². The fourth-order valence-corrected chi connectivity index (χ4v) is 1.79. The molecule has 0 radical (unpaired) electrons. The van der Waals surface area contributed by atoms with Gasteiger partial charge in [0.2, 0.25) is 0 Å². The predicted octanol–water partition coefficient (Wildman–Crippen LogP) is 2.24. The molecule has 1 aromatic carbocycles. The predicted molar refractivity (Wildman–Crippen MR) is 60.5 cm³/mol. The topological polar surface area (TPSA) is 29.5 Å². The summed E-state index contributed by atoms with van der Waals surface area (Å²) in [5.41, 5.74) is 1.19. The van der Waals surface area contributed by atoms with Crippen LogP contribution in [0.3, 0.4) is 0 Å². The summed E-state index contributed by atoms with van der Waals surface area (Å²) in [5, 5.41) is 8.92. The minimum atomic E-state index is 0.0374. The Balaban J connectivity index is 1.90. The lowest BCUT2D eigenvalue weighted by Gasteiger charge is -2.07.